The molecule has 0 aromatic carbocycles. The SMILES string of the molecule is CCCCC(CCCNC(=O)OC(C)(C)C)CC(=O)O. The van der Waals surface area contributed by atoms with Crippen LogP contribution in [-0.4, -0.2) is 29.3 Å². The largest absolute Gasteiger partial charge is 0.481 e. The zero-order valence-electron chi connectivity index (χ0n) is 13.2. The van der Waals surface area contributed by atoms with Crippen molar-refractivity contribution in [2.75, 3.05) is 6.54 Å². The van der Waals surface area contributed by atoms with E-state index in [1.54, 1.807) is 0 Å². The van der Waals surface area contributed by atoms with E-state index in [-0.39, 0.29) is 12.3 Å². The van der Waals surface area contributed by atoms with Gasteiger partial charge in [0.25, 0.3) is 0 Å². The van der Waals surface area contributed by atoms with Gasteiger partial charge in [0.1, 0.15) is 5.60 Å². The van der Waals surface area contributed by atoms with Crippen molar-refractivity contribution in [1.29, 1.82) is 0 Å². The lowest BCUT2D eigenvalue weighted by molar-refractivity contribution is -0.138. The third-order valence-electron chi connectivity index (χ3n) is 2.89. The number of rotatable bonds is 9. The summed E-state index contributed by atoms with van der Waals surface area (Å²) in [5, 5.41) is 11.6. The molecule has 5 nitrogen and oxygen atoms in total. The topological polar surface area (TPSA) is 75.6 Å². The Morgan fingerprint density at radius 1 is 1.20 bits per heavy atom. The molecule has 0 bridgehead atoms. The van der Waals surface area contributed by atoms with E-state index in [1.165, 1.54) is 0 Å². The summed E-state index contributed by atoms with van der Waals surface area (Å²) in [5.74, 6) is -0.543. The van der Waals surface area contributed by atoms with Crippen molar-refractivity contribution in [3.05, 3.63) is 0 Å². The minimum atomic E-state index is -0.744. The van der Waals surface area contributed by atoms with Crippen LogP contribution in [0.3, 0.4) is 0 Å². The van der Waals surface area contributed by atoms with E-state index in [0.717, 1.165) is 32.1 Å². The number of amides is 1. The molecule has 0 heterocycles. The molecule has 0 aromatic heterocycles. The molecule has 20 heavy (non-hydrogen) atoms. The van der Waals surface area contributed by atoms with Crippen LogP contribution in [-0.2, 0) is 9.53 Å². The minimum Gasteiger partial charge on any atom is -0.481 e. The lowest BCUT2D eigenvalue weighted by atomic mass is 9.93. The molecule has 2 N–H and O–H groups in total. The fourth-order valence-electron chi connectivity index (χ4n) is 1.98. The summed E-state index contributed by atoms with van der Waals surface area (Å²) in [5.41, 5.74) is -0.489. The van der Waals surface area contributed by atoms with Gasteiger partial charge in [-0.15, -0.1) is 0 Å². The molecular weight excluding hydrogens is 258 g/mol. The lowest BCUT2D eigenvalue weighted by Crippen LogP contribution is -2.33. The van der Waals surface area contributed by atoms with Gasteiger partial charge in [0.2, 0.25) is 0 Å². The smallest absolute Gasteiger partial charge is 0.407 e. The van der Waals surface area contributed by atoms with Gasteiger partial charge in [0, 0.05) is 13.0 Å². The number of alkyl carbamates (subject to hydrolysis) is 1. The molecular formula is C15H29NO4. The molecule has 1 unspecified atom stereocenters. The summed E-state index contributed by atoms with van der Waals surface area (Å²) < 4.78 is 5.13. The van der Waals surface area contributed by atoms with Crippen molar-refractivity contribution in [2.45, 2.75) is 71.8 Å². The van der Waals surface area contributed by atoms with Gasteiger partial charge in [-0.25, -0.2) is 4.79 Å². The first kappa shape index (κ1) is 18.7. The van der Waals surface area contributed by atoms with Gasteiger partial charge in [-0.05, 0) is 46.0 Å². The number of nitrogens with one attached hydrogen (secondary N) is 1. The molecule has 0 aliphatic carbocycles. The Kier molecular flexibility index (Phi) is 9.01. The van der Waals surface area contributed by atoms with Gasteiger partial charge in [-0.2, -0.15) is 0 Å². The molecule has 5 heteroatoms. The van der Waals surface area contributed by atoms with Crippen LogP contribution >= 0.6 is 0 Å². The second-order valence-corrected chi connectivity index (χ2v) is 6.18. The molecule has 0 aliphatic heterocycles. The van der Waals surface area contributed by atoms with Crippen LogP contribution in [0.5, 0.6) is 0 Å². The molecule has 0 spiro atoms. The fourth-order valence-corrected chi connectivity index (χ4v) is 1.98. The summed E-state index contributed by atoms with van der Waals surface area (Å²) in [4.78, 5) is 22.2. The van der Waals surface area contributed by atoms with Gasteiger partial charge in [0.05, 0.1) is 0 Å². The van der Waals surface area contributed by atoms with Crippen LogP contribution in [0, 0.1) is 5.92 Å². The molecule has 1 atom stereocenters. The maximum atomic E-state index is 11.4. The summed E-state index contributed by atoms with van der Waals surface area (Å²) in [6.07, 6.45) is 4.47. The highest BCUT2D eigenvalue weighted by molar-refractivity contribution is 5.67. The van der Waals surface area contributed by atoms with E-state index < -0.39 is 17.7 Å². The second kappa shape index (κ2) is 9.61. The summed E-state index contributed by atoms with van der Waals surface area (Å²) in [7, 11) is 0. The maximum absolute atomic E-state index is 11.4. The van der Waals surface area contributed by atoms with Crippen LogP contribution in [0.25, 0.3) is 0 Å². The summed E-state index contributed by atoms with van der Waals surface area (Å²) in [6, 6.07) is 0. The van der Waals surface area contributed by atoms with Crippen LogP contribution in [0.1, 0.15) is 66.2 Å². The molecule has 118 valence electrons. The van der Waals surface area contributed by atoms with Crippen molar-refractivity contribution in [2.24, 2.45) is 5.92 Å². The van der Waals surface area contributed by atoms with Gasteiger partial charge >= 0.3 is 12.1 Å². The Morgan fingerprint density at radius 2 is 1.80 bits per heavy atom. The van der Waals surface area contributed by atoms with E-state index in [4.69, 9.17) is 9.84 Å². The van der Waals surface area contributed by atoms with E-state index in [2.05, 4.69) is 12.2 Å². The molecule has 1 amide bonds. The standard InChI is InChI=1S/C15H29NO4/c1-5-6-8-12(11-13(17)18)9-7-10-16-14(19)20-15(2,3)4/h12H,5-11H2,1-4H3,(H,16,19)(H,17,18). The van der Waals surface area contributed by atoms with Crippen molar-refractivity contribution in [3.8, 4) is 0 Å². The number of hydrogen-bond acceptors (Lipinski definition) is 3. The quantitative estimate of drug-likeness (QED) is 0.636. The predicted octanol–water partition coefficient (Wildman–Crippen LogP) is 3.57. The fraction of sp³-hybridized carbons (Fsp3) is 0.867. The third-order valence-corrected chi connectivity index (χ3v) is 2.89. The highest BCUT2D eigenvalue weighted by Crippen LogP contribution is 2.18. The Morgan fingerprint density at radius 3 is 2.30 bits per heavy atom. The number of carbonyl (C=O) groups is 2. The van der Waals surface area contributed by atoms with Crippen molar-refractivity contribution >= 4 is 12.1 Å². The average molecular weight is 287 g/mol. The molecule has 0 fully saturated rings. The Labute approximate surface area is 122 Å². The predicted molar refractivity (Wildman–Crippen MR) is 78.7 cm³/mol. The summed E-state index contributed by atoms with van der Waals surface area (Å²) >= 11 is 0. The average Bonchev–Trinajstić information content (AvgIpc) is 2.28. The van der Waals surface area contributed by atoms with Crippen LogP contribution in [0.4, 0.5) is 4.79 Å². The van der Waals surface area contributed by atoms with Gasteiger partial charge < -0.3 is 15.2 Å². The molecule has 0 radical (unpaired) electrons. The highest BCUT2D eigenvalue weighted by Gasteiger charge is 2.16. The van der Waals surface area contributed by atoms with Gasteiger partial charge in [0.15, 0.2) is 0 Å². The highest BCUT2D eigenvalue weighted by atomic mass is 16.6. The maximum Gasteiger partial charge on any atom is 0.407 e. The first-order valence-corrected chi connectivity index (χ1v) is 7.43. The second-order valence-electron chi connectivity index (χ2n) is 6.18. The number of aliphatic carboxylic acids is 1. The van der Waals surface area contributed by atoms with E-state index in [0.29, 0.717) is 6.54 Å². The zero-order chi connectivity index (χ0) is 15.6. The first-order valence-electron chi connectivity index (χ1n) is 7.43. The summed E-state index contributed by atoms with van der Waals surface area (Å²) in [6.45, 7) is 8.08. The molecule has 0 aliphatic rings. The van der Waals surface area contributed by atoms with Crippen LogP contribution < -0.4 is 5.32 Å². The Bertz CT molecular complexity index is 297. The molecule has 0 saturated carbocycles. The number of hydrogen-bond donors (Lipinski definition) is 2. The molecule has 0 aromatic rings. The lowest BCUT2D eigenvalue weighted by Gasteiger charge is -2.20. The zero-order valence-corrected chi connectivity index (χ0v) is 13.2. The first-order chi connectivity index (χ1) is 9.24. The van der Waals surface area contributed by atoms with Crippen molar-refractivity contribution < 1.29 is 19.4 Å². The minimum absolute atomic E-state index is 0.202. The van der Waals surface area contributed by atoms with Crippen molar-refractivity contribution in [3.63, 3.8) is 0 Å². The number of ether oxygens (including phenoxy) is 1. The number of carbonyl (C=O) groups excluding carboxylic acids is 1. The van der Waals surface area contributed by atoms with E-state index in [9.17, 15) is 9.59 Å². The van der Waals surface area contributed by atoms with Crippen LogP contribution in [0.15, 0.2) is 0 Å². The van der Waals surface area contributed by atoms with E-state index >= 15 is 0 Å². The number of unbranched alkanes of at least 4 members (excludes halogenated alkanes) is 1. The molecule has 0 rings (SSSR count). The molecule has 0 saturated heterocycles. The van der Waals surface area contributed by atoms with E-state index in [1.807, 2.05) is 20.8 Å². The Hall–Kier alpha value is -1.26. The Balaban J connectivity index is 3.87. The van der Waals surface area contributed by atoms with Gasteiger partial charge in [-0.3, -0.25) is 4.79 Å². The van der Waals surface area contributed by atoms with Gasteiger partial charge in [-0.1, -0.05) is 19.8 Å². The number of carboxylic acids is 1. The van der Waals surface area contributed by atoms with Crippen LogP contribution in [0.2, 0.25) is 0 Å². The number of carboxylic acid groups (broad SMARTS) is 1. The third kappa shape index (κ3) is 11.8. The monoisotopic (exact) mass is 287 g/mol. The van der Waals surface area contributed by atoms with Crippen molar-refractivity contribution in [1.82, 2.24) is 5.32 Å². The normalized spacial score (nSPS) is 12.8.